The Bertz CT molecular complexity index is 432. The number of aryl methyl sites for hydroxylation is 2. The summed E-state index contributed by atoms with van der Waals surface area (Å²) in [5, 5.41) is 8.79. The molecule has 18 heavy (non-hydrogen) atoms. The summed E-state index contributed by atoms with van der Waals surface area (Å²) < 4.78 is 7.60. The third-order valence-electron chi connectivity index (χ3n) is 4.00. The largest absolute Gasteiger partial charge is 0.377 e. The number of rotatable bonds is 4. The van der Waals surface area contributed by atoms with Gasteiger partial charge < -0.3 is 10.1 Å². The van der Waals surface area contributed by atoms with E-state index in [1.807, 2.05) is 11.6 Å². The quantitative estimate of drug-likeness (QED) is 0.915. The summed E-state index contributed by atoms with van der Waals surface area (Å²) in [6, 6.07) is 0. The fraction of sp³-hybridized carbons (Fsp3) is 0.769. The van der Waals surface area contributed by atoms with Crippen LogP contribution in [0.2, 0.25) is 5.02 Å². The molecule has 1 aliphatic rings. The molecular weight excluding hydrogens is 250 g/mol. The standard InChI is InChI=1S/C13H22ClN3O/c1-5-17-11(12(14)9(2)16-17)8-15-13(4)6-7-18-10(13)3/h10,15H,5-8H2,1-4H3. The summed E-state index contributed by atoms with van der Waals surface area (Å²) >= 11 is 6.31. The Morgan fingerprint density at radius 1 is 1.61 bits per heavy atom. The molecule has 0 aliphatic carbocycles. The molecule has 5 heteroatoms. The number of hydrogen-bond acceptors (Lipinski definition) is 3. The molecule has 1 aromatic heterocycles. The Morgan fingerprint density at radius 2 is 2.33 bits per heavy atom. The van der Waals surface area contributed by atoms with E-state index in [2.05, 4.69) is 31.2 Å². The average molecular weight is 272 g/mol. The minimum atomic E-state index is 0.0279. The molecule has 0 aromatic carbocycles. The molecule has 2 heterocycles. The van der Waals surface area contributed by atoms with Crippen molar-refractivity contribution in [3.8, 4) is 0 Å². The summed E-state index contributed by atoms with van der Waals surface area (Å²) in [5.74, 6) is 0. The van der Waals surface area contributed by atoms with Gasteiger partial charge in [0.2, 0.25) is 0 Å². The summed E-state index contributed by atoms with van der Waals surface area (Å²) in [5.41, 5.74) is 1.99. The van der Waals surface area contributed by atoms with Crippen LogP contribution in [-0.2, 0) is 17.8 Å². The molecule has 102 valence electrons. The van der Waals surface area contributed by atoms with Crippen molar-refractivity contribution in [2.75, 3.05) is 6.61 Å². The molecule has 1 aromatic rings. The fourth-order valence-corrected chi connectivity index (χ4v) is 2.59. The molecule has 1 aliphatic heterocycles. The van der Waals surface area contributed by atoms with Gasteiger partial charge in [0.05, 0.1) is 22.5 Å². The Hall–Kier alpha value is -0.580. The van der Waals surface area contributed by atoms with Gasteiger partial charge in [-0.1, -0.05) is 11.6 Å². The van der Waals surface area contributed by atoms with Crippen molar-refractivity contribution in [2.24, 2.45) is 0 Å². The van der Waals surface area contributed by atoms with Crippen LogP contribution in [0.15, 0.2) is 0 Å². The van der Waals surface area contributed by atoms with Gasteiger partial charge in [0.25, 0.3) is 0 Å². The zero-order valence-corrected chi connectivity index (χ0v) is 12.3. The molecule has 0 radical (unpaired) electrons. The van der Waals surface area contributed by atoms with Crippen molar-refractivity contribution >= 4 is 11.6 Å². The van der Waals surface area contributed by atoms with Gasteiger partial charge in [0.1, 0.15) is 0 Å². The van der Waals surface area contributed by atoms with E-state index in [4.69, 9.17) is 16.3 Å². The van der Waals surface area contributed by atoms with Gasteiger partial charge >= 0.3 is 0 Å². The smallest absolute Gasteiger partial charge is 0.0860 e. The Balaban J connectivity index is 2.10. The first-order valence-electron chi connectivity index (χ1n) is 6.56. The van der Waals surface area contributed by atoms with Gasteiger partial charge in [-0.3, -0.25) is 4.68 Å². The van der Waals surface area contributed by atoms with Crippen LogP contribution >= 0.6 is 11.6 Å². The van der Waals surface area contributed by atoms with Crippen LogP contribution in [0.4, 0.5) is 0 Å². The van der Waals surface area contributed by atoms with Gasteiger partial charge in [-0.15, -0.1) is 0 Å². The van der Waals surface area contributed by atoms with Gasteiger partial charge in [-0.2, -0.15) is 5.10 Å². The summed E-state index contributed by atoms with van der Waals surface area (Å²) in [7, 11) is 0. The first-order chi connectivity index (χ1) is 8.48. The predicted molar refractivity (Wildman–Crippen MR) is 72.9 cm³/mol. The predicted octanol–water partition coefficient (Wildman–Crippen LogP) is 2.52. The average Bonchev–Trinajstić information content (AvgIpc) is 2.80. The molecule has 0 amide bonds. The highest BCUT2D eigenvalue weighted by Gasteiger charge is 2.36. The Kier molecular flexibility index (Phi) is 3.99. The van der Waals surface area contributed by atoms with E-state index >= 15 is 0 Å². The lowest BCUT2D eigenvalue weighted by Crippen LogP contribution is -2.47. The maximum atomic E-state index is 6.31. The summed E-state index contributed by atoms with van der Waals surface area (Å²) in [6.45, 7) is 10.7. The molecule has 2 atom stereocenters. The maximum Gasteiger partial charge on any atom is 0.0860 e. The molecular formula is C13H22ClN3O. The third kappa shape index (κ3) is 2.42. The summed E-state index contributed by atoms with van der Waals surface area (Å²) in [4.78, 5) is 0. The Morgan fingerprint density at radius 3 is 2.89 bits per heavy atom. The van der Waals surface area contributed by atoms with Crippen molar-refractivity contribution in [2.45, 2.75) is 58.8 Å². The minimum Gasteiger partial charge on any atom is -0.377 e. The van der Waals surface area contributed by atoms with Gasteiger partial charge in [0, 0.05) is 25.2 Å². The molecule has 0 saturated carbocycles. The number of nitrogens with one attached hydrogen (secondary N) is 1. The van der Waals surface area contributed by atoms with Gasteiger partial charge in [-0.05, 0) is 34.1 Å². The van der Waals surface area contributed by atoms with Gasteiger partial charge in [0.15, 0.2) is 0 Å². The molecule has 4 nitrogen and oxygen atoms in total. The normalized spacial score (nSPS) is 27.9. The first kappa shape index (κ1) is 13.8. The SMILES string of the molecule is CCn1nc(C)c(Cl)c1CNC1(C)CCOC1C. The molecule has 1 saturated heterocycles. The van der Waals surface area contributed by atoms with Crippen LogP contribution < -0.4 is 5.32 Å². The molecule has 2 unspecified atom stereocenters. The van der Waals surface area contributed by atoms with Crippen LogP contribution in [0.25, 0.3) is 0 Å². The second kappa shape index (κ2) is 5.19. The van der Waals surface area contributed by atoms with E-state index in [0.717, 1.165) is 42.5 Å². The van der Waals surface area contributed by atoms with Crippen LogP contribution in [-0.4, -0.2) is 28.0 Å². The fourth-order valence-electron chi connectivity index (χ4n) is 2.39. The van der Waals surface area contributed by atoms with E-state index in [1.54, 1.807) is 0 Å². The number of nitrogens with zero attached hydrogens (tertiary/aromatic N) is 2. The highest BCUT2D eigenvalue weighted by molar-refractivity contribution is 6.31. The second-order valence-electron chi connectivity index (χ2n) is 5.20. The highest BCUT2D eigenvalue weighted by atomic mass is 35.5. The molecule has 0 bridgehead atoms. The van der Waals surface area contributed by atoms with E-state index in [9.17, 15) is 0 Å². The topological polar surface area (TPSA) is 39.1 Å². The zero-order valence-electron chi connectivity index (χ0n) is 11.6. The van der Waals surface area contributed by atoms with Crippen LogP contribution in [0.5, 0.6) is 0 Å². The van der Waals surface area contributed by atoms with E-state index in [-0.39, 0.29) is 11.6 Å². The third-order valence-corrected chi connectivity index (χ3v) is 4.49. The second-order valence-corrected chi connectivity index (χ2v) is 5.57. The van der Waals surface area contributed by atoms with Crippen LogP contribution in [0.1, 0.15) is 38.6 Å². The zero-order chi connectivity index (χ0) is 13.3. The Labute approximate surface area is 114 Å². The lowest BCUT2D eigenvalue weighted by Gasteiger charge is -2.29. The maximum absolute atomic E-state index is 6.31. The minimum absolute atomic E-state index is 0.0279. The molecule has 2 rings (SSSR count). The summed E-state index contributed by atoms with van der Waals surface area (Å²) in [6.07, 6.45) is 1.26. The number of aromatic nitrogens is 2. The van der Waals surface area contributed by atoms with E-state index in [0.29, 0.717) is 0 Å². The molecule has 0 spiro atoms. The van der Waals surface area contributed by atoms with Crippen LogP contribution in [0.3, 0.4) is 0 Å². The van der Waals surface area contributed by atoms with Crippen molar-refractivity contribution < 1.29 is 4.74 Å². The molecule has 1 fully saturated rings. The lowest BCUT2D eigenvalue weighted by atomic mass is 9.94. The van der Waals surface area contributed by atoms with Crippen molar-refractivity contribution in [3.63, 3.8) is 0 Å². The number of halogens is 1. The van der Waals surface area contributed by atoms with Crippen LogP contribution in [0, 0.1) is 6.92 Å². The molecule has 1 N–H and O–H groups in total. The van der Waals surface area contributed by atoms with Crippen molar-refractivity contribution in [1.29, 1.82) is 0 Å². The highest BCUT2D eigenvalue weighted by Crippen LogP contribution is 2.27. The number of ether oxygens (including phenoxy) is 1. The van der Waals surface area contributed by atoms with E-state index in [1.165, 1.54) is 0 Å². The number of hydrogen-bond donors (Lipinski definition) is 1. The first-order valence-corrected chi connectivity index (χ1v) is 6.94. The van der Waals surface area contributed by atoms with Crippen molar-refractivity contribution in [3.05, 3.63) is 16.4 Å². The monoisotopic (exact) mass is 271 g/mol. The van der Waals surface area contributed by atoms with E-state index < -0.39 is 0 Å². The van der Waals surface area contributed by atoms with Crippen molar-refractivity contribution in [1.82, 2.24) is 15.1 Å². The van der Waals surface area contributed by atoms with Gasteiger partial charge in [-0.25, -0.2) is 0 Å². The lowest BCUT2D eigenvalue weighted by molar-refractivity contribution is 0.0879.